The van der Waals surface area contributed by atoms with Crippen molar-refractivity contribution in [3.05, 3.63) is 83.0 Å². The third kappa shape index (κ3) is 3.21. The number of hydrogen-bond donors (Lipinski definition) is 0. The van der Waals surface area contributed by atoms with Crippen LogP contribution in [0.4, 0.5) is 0 Å². The molecule has 25 heavy (non-hydrogen) atoms. The van der Waals surface area contributed by atoms with E-state index in [-0.39, 0.29) is 7.47 Å². The zero-order chi connectivity index (χ0) is 18.2. The molecule has 0 nitrogen and oxygen atoms in total. The molecule has 2 heteroatoms. The maximum atomic E-state index is 2.61. The largest absolute Gasteiger partial charge is 0.0969 e. The van der Waals surface area contributed by atoms with Crippen LogP contribution in [0.3, 0.4) is 0 Å². The maximum absolute atomic E-state index is 2.61. The van der Waals surface area contributed by atoms with E-state index in [1.54, 1.807) is 11.1 Å². The molecule has 0 atom stereocenters. The van der Waals surface area contributed by atoms with Crippen LogP contribution in [0.5, 0.6) is 0 Å². The van der Waals surface area contributed by atoms with E-state index >= 15 is 0 Å². The van der Waals surface area contributed by atoms with Gasteiger partial charge < -0.3 is 0 Å². The number of allylic oxidation sites excluding steroid dienone is 4. The van der Waals surface area contributed by atoms with Crippen molar-refractivity contribution in [2.45, 2.75) is 46.3 Å². The van der Waals surface area contributed by atoms with Crippen LogP contribution >= 0.6 is 7.47 Å². The molecule has 0 aliphatic heterocycles. The van der Waals surface area contributed by atoms with Crippen LogP contribution < -0.4 is 10.6 Å². The van der Waals surface area contributed by atoms with Crippen molar-refractivity contribution in [1.29, 1.82) is 0 Å². The van der Waals surface area contributed by atoms with Gasteiger partial charge in [-0.2, -0.15) is 0 Å². The van der Waals surface area contributed by atoms with Crippen molar-refractivity contribution in [2.24, 2.45) is 0 Å². The Labute approximate surface area is 155 Å². The van der Waals surface area contributed by atoms with E-state index in [1.165, 1.54) is 21.8 Å². The fourth-order valence-corrected chi connectivity index (χ4v) is 16.7. The summed E-state index contributed by atoms with van der Waals surface area (Å²) in [4.78, 5) is 0. The molecule has 2 aromatic rings. The quantitative estimate of drug-likeness (QED) is 0.436. The van der Waals surface area contributed by atoms with Gasteiger partial charge in [-0.3, -0.25) is 0 Å². The fraction of sp³-hybridized carbons (Fsp3) is 0.304. The standard InChI is InChI=1S/C23H29PSi/c1-17-18(2)20(4)23(19(17)3)25(5,6)24(21-13-9-7-10-14-21)22-15-11-8-12-16-22/h7-16,23H,1-6H3. The Morgan fingerprint density at radius 1 is 0.640 bits per heavy atom. The highest BCUT2D eigenvalue weighted by Crippen LogP contribution is 2.58. The van der Waals surface area contributed by atoms with Crippen LogP contribution in [0.25, 0.3) is 0 Å². The first-order valence-corrected chi connectivity index (χ1v) is 14.4. The van der Waals surface area contributed by atoms with Crippen molar-refractivity contribution in [2.75, 3.05) is 0 Å². The Hall–Kier alpha value is -1.43. The van der Waals surface area contributed by atoms with Gasteiger partial charge in [0, 0.05) is 5.54 Å². The molecule has 0 radical (unpaired) electrons. The smallest absolute Gasteiger partial charge is 0.0653 e. The zero-order valence-corrected chi connectivity index (χ0v) is 18.2. The minimum atomic E-state index is -1.64. The molecule has 0 aromatic heterocycles. The highest BCUT2D eigenvalue weighted by atomic mass is 31.4. The summed E-state index contributed by atoms with van der Waals surface area (Å²) in [5.41, 5.74) is 6.94. The van der Waals surface area contributed by atoms with Crippen molar-refractivity contribution in [1.82, 2.24) is 0 Å². The summed E-state index contributed by atoms with van der Waals surface area (Å²) >= 11 is 0. The second-order valence-electron chi connectivity index (χ2n) is 7.71. The molecule has 1 aliphatic rings. The molecule has 0 saturated heterocycles. The van der Waals surface area contributed by atoms with Crippen LogP contribution in [0.1, 0.15) is 27.7 Å². The summed E-state index contributed by atoms with van der Waals surface area (Å²) in [6, 6.07) is 22.5. The molecule has 3 rings (SSSR count). The van der Waals surface area contributed by atoms with Gasteiger partial charge in [0.1, 0.15) is 0 Å². The lowest BCUT2D eigenvalue weighted by atomic mass is 10.1. The van der Waals surface area contributed by atoms with Crippen LogP contribution in [-0.2, 0) is 0 Å². The van der Waals surface area contributed by atoms with Gasteiger partial charge in [0.05, 0.1) is 7.74 Å². The number of hydrogen-bond acceptors (Lipinski definition) is 0. The van der Waals surface area contributed by atoms with Crippen LogP contribution in [0.2, 0.25) is 18.6 Å². The molecular formula is C23H29PSi. The van der Waals surface area contributed by atoms with Gasteiger partial charge in [0.2, 0.25) is 0 Å². The Morgan fingerprint density at radius 2 is 1.00 bits per heavy atom. The Morgan fingerprint density at radius 3 is 1.36 bits per heavy atom. The molecule has 1 aliphatic carbocycles. The molecule has 130 valence electrons. The Kier molecular flexibility index (Phi) is 5.18. The highest BCUT2D eigenvalue weighted by molar-refractivity contribution is 8.05. The lowest BCUT2D eigenvalue weighted by molar-refractivity contribution is 1.09. The van der Waals surface area contributed by atoms with Crippen molar-refractivity contribution < 1.29 is 0 Å². The first kappa shape index (κ1) is 18.4. The van der Waals surface area contributed by atoms with Crippen LogP contribution in [-0.4, -0.2) is 7.74 Å². The van der Waals surface area contributed by atoms with E-state index in [2.05, 4.69) is 101 Å². The predicted molar refractivity (Wildman–Crippen MR) is 117 cm³/mol. The van der Waals surface area contributed by atoms with Crippen molar-refractivity contribution in [3.8, 4) is 0 Å². The summed E-state index contributed by atoms with van der Waals surface area (Å²) in [6.45, 7) is 14.6. The normalized spacial score (nSPS) is 16.3. The summed E-state index contributed by atoms with van der Waals surface area (Å²) in [6.07, 6.45) is 0. The second-order valence-corrected chi connectivity index (χ2v) is 18.1. The first-order valence-electron chi connectivity index (χ1n) is 9.11. The molecule has 0 fully saturated rings. The van der Waals surface area contributed by atoms with Gasteiger partial charge in [-0.1, -0.05) is 92.4 Å². The van der Waals surface area contributed by atoms with E-state index in [9.17, 15) is 0 Å². The second kappa shape index (κ2) is 7.06. The molecule has 0 heterocycles. The molecule has 0 saturated carbocycles. The number of benzene rings is 2. The van der Waals surface area contributed by atoms with E-state index in [1.807, 2.05) is 0 Å². The SMILES string of the molecule is CC1=C(C)C([Si](C)(C)P(c2ccccc2)c2ccccc2)C(C)=C1C. The Bertz CT molecular complexity index is 752. The van der Waals surface area contributed by atoms with E-state index < -0.39 is 7.74 Å². The van der Waals surface area contributed by atoms with Crippen LogP contribution in [0, 0.1) is 0 Å². The van der Waals surface area contributed by atoms with Gasteiger partial charge in [-0.15, -0.1) is 0 Å². The monoisotopic (exact) mass is 364 g/mol. The minimum absolute atomic E-state index is 0.326. The fourth-order valence-electron chi connectivity index (χ4n) is 4.51. The zero-order valence-electron chi connectivity index (χ0n) is 16.3. The summed E-state index contributed by atoms with van der Waals surface area (Å²) < 4.78 is 0. The maximum Gasteiger partial charge on any atom is 0.0969 e. The van der Waals surface area contributed by atoms with Gasteiger partial charge in [0.15, 0.2) is 0 Å². The average molecular weight is 365 g/mol. The summed E-state index contributed by atoms with van der Waals surface area (Å²) in [5.74, 6) is 0. The highest BCUT2D eigenvalue weighted by Gasteiger charge is 2.45. The molecule has 0 unspecified atom stereocenters. The minimum Gasteiger partial charge on any atom is -0.0653 e. The Balaban J connectivity index is 2.17. The molecule has 0 spiro atoms. The lowest BCUT2D eigenvalue weighted by Gasteiger charge is -2.40. The molecule has 0 bridgehead atoms. The van der Waals surface area contributed by atoms with E-state index in [0.29, 0.717) is 5.54 Å². The molecule has 0 N–H and O–H groups in total. The summed E-state index contributed by atoms with van der Waals surface area (Å²) in [5, 5.41) is 3.06. The first-order chi connectivity index (χ1) is 11.9. The van der Waals surface area contributed by atoms with Gasteiger partial charge in [0.25, 0.3) is 0 Å². The topological polar surface area (TPSA) is 0 Å². The van der Waals surface area contributed by atoms with Crippen molar-refractivity contribution >= 4 is 25.8 Å². The van der Waals surface area contributed by atoms with Gasteiger partial charge in [-0.25, -0.2) is 0 Å². The molecule has 2 aromatic carbocycles. The van der Waals surface area contributed by atoms with Gasteiger partial charge >= 0.3 is 0 Å². The molecular weight excluding hydrogens is 335 g/mol. The third-order valence-corrected chi connectivity index (χ3v) is 16.8. The van der Waals surface area contributed by atoms with Crippen LogP contribution in [0.15, 0.2) is 83.0 Å². The van der Waals surface area contributed by atoms with E-state index in [4.69, 9.17) is 0 Å². The van der Waals surface area contributed by atoms with Gasteiger partial charge in [-0.05, 0) is 49.5 Å². The predicted octanol–water partition coefficient (Wildman–Crippen LogP) is 6.38. The molecule has 0 amide bonds. The summed E-state index contributed by atoms with van der Waals surface area (Å²) in [7, 11) is -1.97. The average Bonchev–Trinajstić information content (AvgIpc) is 2.80. The van der Waals surface area contributed by atoms with E-state index in [0.717, 1.165) is 0 Å². The number of rotatable bonds is 4. The van der Waals surface area contributed by atoms with Crippen molar-refractivity contribution in [3.63, 3.8) is 0 Å². The third-order valence-electron chi connectivity index (χ3n) is 5.92. The lowest BCUT2D eigenvalue weighted by Crippen LogP contribution is -2.39.